The fraction of sp³-hybridized carbons (Fsp3) is 0.938. The number of thiocarbonyl (C=S) groups is 1. The van der Waals surface area contributed by atoms with Crippen LogP contribution in [0.2, 0.25) is 0 Å². The second kappa shape index (κ2) is 6.43. The largest absolute Gasteiger partial charge is 0.360 e. The third-order valence-corrected chi connectivity index (χ3v) is 5.89. The standard InChI is InChI=1S/C16H28N2S/c19-16(17-15-8-2-1-3-9-15)18-11-10-13-6-4-5-7-14(13)12-18/h13-15H,1-12H2,(H,17,19). The van der Waals surface area contributed by atoms with Crippen LogP contribution in [0.15, 0.2) is 0 Å². The van der Waals surface area contributed by atoms with Gasteiger partial charge < -0.3 is 10.2 Å². The summed E-state index contributed by atoms with van der Waals surface area (Å²) in [7, 11) is 0. The van der Waals surface area contributed by atoms with Crippen LogP contribution in [0, 0.1) is 11.8 Å². The van der Waals surface area contributed by atoms with Gasteiger partial charge in [0.1, 0.15) is 0 Å². The molecule has 1 saturated heterocycles. The van der Waals surface area contributed by atoms with Crippen molar-refractivity contribution in [1.82, 2.24) is 10.2 Å². The third kappa shape index (κ3) is 3.42. The van der Waals surface area contributed by atoms with E-state index in [1.165, 1.54) is 77.3 Å². The molecule has 3 fully saturated rings. The minimum absolute atomic E-state index is 0.658. The molecule has 0 amide bonds. The maximum Gasteiger partial charge on any atom is 0.169 e. The van der Waals surface area contributed by atoms with Crippen LogP contribution in [0.1, 0.15) is 64.2 Å². The van der Waals surface area contributed by atoms with Crippen molar-refractivity contribution in [1.29, 1.82) is 0 Å². The first-order chi connectivity index (χ1) is 9.33. The smallest absolute Gasteiger partial charge is 0.169 e. The molecule has 0 radical (unpaired) electrons. The molecule has 0 aromatic heterocycles. The van der Waals surface area contributed by atoms with Crippen molar-refractivity contribution in [2.45, 2.75) is 70.3 Å². The van der Waals surface area contributed by atoms with Crippen LogP contribution in [0.4, 0.5) is 0 Å². The van der Waals surface area contributed by atoms with Crippen LogP contribution in [-0.4, -0.2) is 29.1 Å². The number of likely N-dealkylation sites (tertiary alicyclic amines) is 1. The molecule has 2 nitrogen and oxygen atoms in total. The summed E-state index contributed by atoms with van der Waals surface area (Å²) in [6.45, 7) is 2.42. The zero-order valence-electron chi connectivity index (χ0n) is 12.1. The fourth-order valence-electron chi connectivity index (χ4n) is 4.30. The Morgan fingerprint density at radius 1 is 0.842 bits per heavy atom. The van der Waals surface area contributed by atoms with Gasteiger partial charge in [0, 0.05) is 19.1 Å². The second-order valence-corrected chi connectivity index (χ2v) is 7.21. The lowest BCUT2D eigenvalue weighted by molar-refractivity contribution is 0.128. The maximum absolute atomic E-state index is 5.66. The SMILES string of the molecule is S=C(NC1CCCCC1)N1CCC2CCCCC2C1. The summed E-state index contributed by atoms with van der Waals surface area (Å²) in [6, 6.07) is 0.658. The van der Waals surface area contributed by atoms with E-state index in [2.05, 4.69) is 10.2 Å². The van der Waals surface area contributed by atoms with Crippen molar-refractivity contribution in [2.24, 2.45) is 11.8 Å². The molecular formula is C16H28N2S. The molecule has 2 aliphatic carbocycles. The highest BCUT2D eigenvalue weighted by Gasteiger charge is 2.32. The highest BCUT2D eigenvalue weighted by Crippen LogP contribution is 2.36. The van der Waals surface area contributed by atoms with Crippen LogP contribution < -0.4 is 5.32 Å². The van der Waals surface area contributed by atoms with E-state index >= 15 is 0 Å². The summed E-state index contributed by atoms with van der Waals surface area (Å²) in [5.41, 5.74) is 0. The Bertz CT molecular complexity index is 312. The summed E-state index contributed by atoms with van der Waals surface area (Å²) in [5, 5.41) is 4.69. The zero-order valence-corrected chi connectivity index (χ0v) is 12.9. The van der Waals surface area contributed by atoms with E-state index in [4.69, 9.17) is 12.2 Å². The number of fused-ring (bicyclic) bond motifs is 1. The average Bonchev–Trinajstić information content (AvgIpc) is 2.48. The van der Waals surface area contributed by atoms with Crippen LogP contribution in [0.3, 0.4) is 0 Å². The van der Waals surface area contributed by atoms with Gasteiger partial charge in [-0.15, -0.1) is 0 Å². The molecule has 1 N–H and O–H groups in total. The van der Waals surface area contributed by atoms with Crippen LogP contribution in [-0.2, 0) is 0 Å². The van der Waals surface area contributed by atoms with E-state index in [0.717, 1.165) is 16.9 Å². The summed E-state index contributed by atoms with van der Waals surface area (Å²) < 4.78 is 0. The summed E-state index contributed by atoms with van der Waals surface area (Å²) in [5.74, 6) is 1.93. The first-order valence-electron chi connectivity index (χ1n) is 8.38. The number of hydrogen-bond donors (Lipinski definition) is 1. The quantitative estimate of drug-likeness (QED) is 0.737. The van der Waals surface area contributed by atoms with Gasteiger partial charge in [0.15, 0.2) is 5.11 Å². The lowest BCUT2D eigenvalue weighted by Crippen LogP contribution is -2.51. The Morgan fingerprint density at radius 3 is 2.32 bits per heavy atom. The van der Waals surface area contributed by atoms with Crippen molar-refractivity contribution >= 4 is 17.3 Å². The molecule has 0 spiro atoms. The first kappa shape index (κ1) is 13.7. The van der Waals surface area contributed by atoms with Crippen LogP contribution >= 0.6 is 12.2 Å². The van der Waals surface area contributed by atoms with Crippen molar-refractivity contribution in [2.75, 3.05) is 13.1 Å². The van der Waals surface area contributed by atoms with Gasteiger partial charge in [-0.3, -0.25) is 0 Å². The van der Waals surface area contributed by atoms with Gasteiger partial charge >= 0.3 is 0 Å². The summed E-state index contributed by atoms with van der Waals surface area (Å²) >= 11 is 5.66. The minimum Gasteiger partial charge on any atom is -0.360 e. The summed E-state index contributed by atoms with van der Waals surface area (Å²) in [4.78, 5) is 2.47. The normalized spacial score (nSPS) is 32.7. The maximum atomic E-state index is 5.66. The molecule has 108 valence electrons. The molecule has 0 aromatic carbocycles. The molecule has 2 saturated carbocycles. The molecule has 3 heteroatoms. The van der Waals surface area contributed by atoms with Crippen LogP contribution in [0.5, 0.6) is 0 Å². The van der Waals surface area contributed by atoms with Gasteiger partial charge in [-0.25, -0.2) is 0 Å². The Kier molecular flexibility index (Phi) is 4.62. The minimum atomic E-state index is 0.658. The van der Waals surface area contributed by atoms with Crippen molar-refractivity contribution < 1.29 is 0 Å². The molecular weight excluding hydrogens is 252 g/mol. The molecule has 1 heterocycles. The van der Waals surface area contributed by atoms with Gasteiger partial charge in [-0.05, 0) is 49.7 Å². The second-order valence-electron chi connectivity index (χ2n) is 6.82. The average molecular weight is 280 g/mol. The first-order valence-corrected chi connectivity index (χ1v) is 8.79. The van der Waals surface area contributed by atoms with Gasteiger partial charge in [0.2, 0.25) is 0 Å². The van der Waals surface area contributed by atoms with Crippen molar-refractivity contribution in [3.05, 3.63) is 0 Å². The summed E-state index contributed by atoms with van der Waals surface area (Å²) in [6.07, 6.45) is 14.0. The van der Waals surface area contributed by atoms with Gasteiger partial charge in [-0.1, -0.05) is 38.5 Å². The van der Waals surface area contributed by atoms with E-state index in [9.17, 15) is 0 Å². The lowest BCUT2D eigenvalue weighted by Gasteiger charge is -2.43. The molecule has 1 aliphatic heterocycles. The Labute approximate surface area is 123 Å². The molecule has 3 aliphatic rings. The Balaban J connectivity index is 1.49. The van der Waals surface area contributed by atoms with Gasteiger partial charge in [-0.2, -0.15) is 0 Å². The number of hydrogen-bond acceptors (Lipinski definition) is 1. The monoisotopic (exact) mass is 280 g/mol. The predicted octanol–water partition coefficient (Wildman–Crippen LogP) is 3.71. The molecule has 0 bridgehead atoms. The number of nitrogens with one attached hydrogen (secondary N) is 1. The Morgan fingerprint density at radius 2 is 1.53 bits per heavy atom. The Hall–Kier alpha value is -0.310. The molecule has 0 aromatic rings. The van der Waals surface area contributed by atoms with E-state index in [1.54, 1.807) is 0 Å². The topological polar surface area (TPSA) is 15.3 Å². The van der Waals surface area contributed by atoms with Gasteiger partial charge in [0.05, 0.1) is 0 Å². The van der Waals surface area contributed by atoms with Gasteiger partial charge in [0.25, 0.3) is 0 Å². The number of rotatable bonds is 1. The highest BCUT2D eigenvalue weighted by atomic mass is 32.1. The lowest BCUT2D eigenvalue weighted by atomic mass is 9.75. The number of nitrogens with zero attached hydrogens (tertiary/aromatic N) is 1. The predicted molar refractivity (Wildman–Crippen MR) is 84.2 cm³/mol. The molecule has 2 atom stereocenters. The van der Waals surface area contributed by atoms with E-state index in [0.29, 0.717) is 6.04 Å². The third-order valence-electron chi connectivity index (χ3n) is 5.51. The number of piperidine rings is 1. The van der Waals surface area contributed by atoms with E-state index in [-0.39, 0.29) is 0 Å². The van der Waals surface area contributed by atoms with Crippen molar-refractivity contribution in [3.63, 3.8) is 0 Å². The molecule has 3 rings (SSSR count). The van der Waals surface area contributed by atoms with Crippen molar-refractivity contribution in [3.8, 4) is 0 Å². The molecule has 19 heavy (non-hydrogen) atoms. The highest BCUT2D eigenvalue weighted by molar-refractivity contribution is 7.80. The van der Waals surface area contributed by atoms with Crippen LogP contribution in [0.25, 0.3) is 0 Å². The van der Waals surface area contributed by atoms with E-state index < -0.39 is 0 Å². The molecule has 2 unspecified atom stereocenters. The fourth-order valence-corrected chi connectivity index (χ4v) is 4.63. The van der Waals surface area contributed by atoms with E-state index in [1.807, 2.05) is 0 Å². The zero-order chi connectivity index (χ0) is 13.1.